The Balaban J connectivity index is 1.25. The first-order chi connectivity index (χ1) is 12.3. The first-order valence-corrected chi connectivity index (χ1v) is 8.97. The number of benzene rings is 1. The van der Waals surface area contributed by atoms with E-state index in [1.807, 2.05) is 30.3 Å². The van der Waals surface area contributed by atoms with Crippen LogP contribution in [-0.2, 0) is 16.1 Å². The number of alkyl carbamates (subject to hydrolysis) is 1. The van der Waals surface area contributed by atoms with E-state index in [0.29, 0.717) is 18.4 Å². The van der Waals surface area contributed by atoms with Crippen LogP contribution in [-0.4, -0.2) is 18.7 Å². The number of rotatable bonds is 4. The molecule has 3 aliphatic rings. The average molecular weight is 337 g/mol. The second-order valence-corrected chi connectivity index (χ2v) is 6.92. The maximum atomic E-state index is 11.9. The van der Waals surface area contributed by atoms with E-state index in [1.165, 1.54) is 5.57 Å². The number of allylic oxidation sites excluding steroid dienone is 6. The molecule has 1 heterocycles. The molecule has 3 unspecified atom stereocenters. The summed E-state index contributed by atoms with van der Waals surface area (Å²) in [6, 6.07) is 9.68. The molecule has 130 valence electrons. The maximum Gasteiger partial charge on any atom is 0.407 e. The number of carbonyl (C=O) groups excluding carboxylic acids is 1. The summed E-state index contributed by atoms with van der Waals surface area (Å²) in [7, 11) is 0. The van der Waals surface area contributed by atoms with Crippen LogP contribution in [0.5, 0.6) is 0 Å². The number of amides is 1. The van der Waals surface area contributed by atoms with Gasteiger partial charge in [-0.3, -0.25) is 0 Å². The smallest absolute Gasteiger partial charge is 0.407 e. The highest BCUT2D eigenvalue weighted by Crippen LogP contribution is 2.43. The van der Waals surface area contributed by atoms with Crippen molar-refractivity contribution in [2.45, 2.75) is 32.0 Å². The Morgan fingerprint density at radius 1 is 1.20 bits per heavy atom. The van der Waals surface area contributed by atoms with Crippen LogP contribution in [0.2, 0.25) is 0 Å². The highest BCUT2D eigenvalue weighted by atomic mass is 16.5. The Labute approximate surface area is 148 Å². The van der Waals surface area contributed by atoms with Crippen molar-refractivity contribution in [1.29, 1.82) is 0 Å². The summed E-state index contributed by atoms with van der Waals surface area (Å²) in [6.07, 6.45) is 11.6. The first-order valence-electron chi connectivity index (χ1n) is 8.97. The van der Waals surface area contributed by atoms with E-state index in [-0.39, 0.29) is 12.7 Å². The van der Waals surface area contributed by atoms with Crippen LogP contribution < -0.4 is 5.32 Å². The highest BCUT2D eigenvalue weighted by molar-refractivity contribution is 5.67. The number of fused-ring (bicyclic) bond motifs is 2. The molecular formula is C21H23NO3. The Morgan fingerprint density at radius 3 is 2.96 bits per heavy atom. The largest absolute Gasteiger partial charge is 0.493 e. The van der Waals surface area contributed by atoms with Gasteiger partial charge in [-0.15, -0.1) is 0 Å². The van der Waals surface area contributed by atoms with Gasteiger partial charge in [-0.2, -0.15) is 0 Å². The molecule has 0 radical (unpaired) electrons. The van der Waals surface area contributed by atoms with Crippen LogP contribution in [0.3, 0.4) is 0 Å². The van der Waals surface area contributed by atoms with Gasteiger partial charge >= 0.3 is 6.09 Å². The Kier molecular flexibility index (Phi) is 4.59. The molecule has 3 atom stereocenters. The molecule has 1 fully saturated rings. The lowest BCUT2D eigenvalue weighted by atomic mass is 9.77. The normalized spacial score (nSPS) is 26.6. The lowest BCUT2D eigenvalue weighted by Crippen LogP contribution is -2.32. The molecule has 1 aromatic carbocycles. The molecule has 0 bridgehead atoms. The van der Waals surface area contributed by atoms with E-state index in [4.69, 9.17) is 9.47 Å². The predicted octanol–water partition coefficient (Wildman–Crippen LogP) is 4.11. The average Bonchev–Trinajstić information content (AvgIpc) is 3.05. The van der Waals surface area contributed by atoms with Crippen LogP contribution in [0.1, 0.15) is 24.8 Å². The second kappa shape index (κ2) is 7.18. The minimum Gasteiger partial charge on any atom is -0.493 e. The van der Waals surface area contributed by atoms with Crippen molar-refractivity contribution in [3.8, 4) is 0 Å². The fourth-order valence-electron chi connectivity index (χ4n) is 3.83. The van der Waals surface area contributed by atoms with Gasteiger partial charge in [0.15, 0.2) is 0 Å². The minimum absolute atomic E-state index is 0.0363. The molecule has 1 saturated heterocycles. The van der Waals surface area contributed by atoms with Crippen molar-refractivity contribution < 1.29 is 14.3 Å². The number of ether oxygens (including phenoxy) is 2. The molecule has 4 heteroatoms. The summed E-state index contributed by atoms with van der Waals surface area (Å²) in [5.41, 5.74) is 2.36. The van der Waals surface area contributed by atoms with Crippen molar-refractivity contribution in [1.82, 2.24) is 5.32 Å². The molecule has 1 amide bonds. The molecule has 0 aromatic heterocycles. The van der Waals surface area contributed by atoms with Crippen molar-refractivity contribution in [3.63, 3.8) is 0 Å². The number of hydrogen-bond donors (Lipinski definition) is 1. The third kappa shape index (κ3) is 3.78. The van der Waals surface area contributed by atoms with E-state index in [9.17, 15) is 4.79 Å². The standard InChI is InChI=1S/C21H23NO3/c23-21(24-14-15-6-2-1-3-7-15)22-13-19-11-18-10-16-8-4-5-9-17(16)12-20(18)25-19/h1-7,9,12,16,18-19H,8,10-11,13-14H2,(H,22,23). The molecule has 25 heavy (non-hydrogen) atoms. The number of hydrogen-bond acceptors (Lipinski definition) is 3. The van der Waals surface area contributed by atoms with E-state index in [1.54, 1.807) is 0 Å². The van der Waals surface area contributed by atoms with Crippen LogP contribution in [0.15, 0.2) is 66.0 Å². The summed E-state index contributed by atoms with van der Waals surface area (Å²) in [4.78, 5) is 11.9. The van der Waals surface area contributed by atoms with Gasteiger partial charge in [0.1, 0.15) is 12.7 Å². The van der Waals surface area contributed by atoms with Gasteiger partial charge in [-0.25, -0.2) is 4.79 Å². The van der Waals surface area contributed by atoms with Gasteiger partial charge in [-0.1, -0.05) is 48.6 Å². The molecule has 0 spiro atoms. The molecule has 1 N–H and O–H groups in total. The first kappa shape index (κ1) is 16.0. The molecule has 4 nitrogen and oxygen atoms in total. The van der Waals surface area contributed by atoms with Gasteiger partial charge in [-0.05, 0) is 42.4 Å². The quantitative estimate of drug-likeness (QED) is 0.899. The zero-order chi connectivity index (χ0) is 17.1. The summed E-state index contributed by atoms with van der Waals surface area (Å²) in [5, 5.41) is 2.83. The molecule has 1 aliphatic heterocycles. The van der Waals surface area contributed by atoms with Gasteiger partial charge in [0.05, 0.1) is 12.3 Å². The maximum absolute atomic E-state index is 11.9. The molecule has 1 aromatic rings. The summed E-state index contributed by atoms with van der Waals surface area (Å²) >= 11 is 0. The van der Waals surface area contributed by atoms with Gasteiger partial charge in [0.2, 0.25) is 0 Å². The SMILES string of the molecule is O=C(NCC1CC2CC3CC=CC=C3C=C2O1)OCc1ccccc1. The Bertz CT molecular complexity index is 720. The van der Waals surface area contributed by atoms with Crippen molar-refractivity contribution >= 4 is 6.09 Å². The van der Waals surface area contributed by atoms with Gasteiger partial charge in [0, 0.05) is 5.92 Å². The Morgan fingerprint density at radius 2 is 2.08 bits per heavy atom. The van der Waals surface area contributed by atoms with E-state index in [2.05, 4.69) is 29.6 Å². The lowest BCUT2D eigenvalue weighted by Gasteiger charge is -2.27. The number of nitrogens with one attached hydrogen (secondary N) is 1. The lowest BCUT2D eigenvalue weighted by molar-refractivity contribution is 0.123. The van der Waals surface area contributed by atoms with E-state index >= 15 is 0 Å². The third-order valence-electron chi connectivity index (χ3n) is 5.13. The van der Waals surface area contributed by atoms with Crippen LogP contribution in [0.4, 0.5) is 4.79 Å². The van der Waals surface area contributed by atoms with Crippen LogP contribution in [0.25, 0.3) is 0 Å². The Hall–Kier alpha value is -2.49. The summed E-state index contributed by atoms with van der Waals surface area (Å²) in [5.74, 6) is 2.20. The zero-order valence-corrected chi connectivity index (χ0v) is 14.2. The molecule has 4 rings (SSSR count). The number of carbonyl (C=O) groups is 1. The third-order valence-corrected chi connectivity index (χ3v) is 5.13. The van der Waals surface area contributed by atoms with Crippen LogP contribution >= 0.6 is 0 Å². The summed E-state index contributed by atoms with van der Waals surface area (Å²) in [6.45, 7) is 0.776. The van der Waals surface area contributed by atoms with Crippen LogP contribution in [0, 0.1) is 11.8 Å². The van der Waals surface area contributed by atoms with Crippen molar-refractivity contribution in [2.75, 3.05) is 6.54 Å². The molecule has 0 saturated carbocycles. The topological polar surface area (TPSA) is 47.6 Å². The van der Waals surface area contributed by atoms with Crippen molar-refractivity contribution in [3.05, 3.63) is 71.5 Å². The predicted molar refractivity (Wildman–Crippen MR) is 95.6 cm³/mol. The highest BCUT2D eigenvalue weighted by Gasteiger charge is 2.36. The fourth-order valence-corrected chi connectivity index (χ4v) is 3.83. The minimum atomic E-state index is -0.392. The van der Waals surface area contributed by atoms with E-state index < -0.39 is 6.09 Å². The van der Waals surface area contributed by atoms with E-state index in [0.717, 1.165) is 30.6 Å². The zero-order valence-electron chi connectivity index (χ0n) is 14.2. The monoisotopic (exact) mass is 337 g/mol. The molecule has 2 aliphatic carbocycles. The fraction of sp³-hybridized carbons (Fsp3) is 0.381. The second-order valence-electron chi connectivity index (χ2n) is 6.92. The molecular weight excluding hydrogens is 314 g/mol. The van der Waals surface area contributed by atoms with Crippen molar-refractivity contribution in [2.24, 2.45) is 11.8 Å². The van der Waals surface area contributed by atoms with Gasteiger partial charge in [0.25, 0.3) is 0 Å². The van der Waals surface area contributed by atoms with Gasteiger partial charge < -0.3 is 14.8 Å². The summed E-state index contributed by atoms with van der Waals surface area (Å²) < 4.78 is 11.3.